The van der Waals surface area contributed by atoms with Crippen molar-refractivity contribution in [2.75, 3.05) is 5.73 Å². The third kappa shape index (κ3) is 1.89. The number of pyridine rings is 1. The summed E-state index contributed by atoms with van der Waals surface area (Å²) in [6.07, 6.45) is -2.00. The molecule has 0 bridgehead atoms. The smallest absolute Gasteiger partial charge is 0.310 e. The van der Waals surface area contributed by atoms with Gasteiger partial charge in [0, 0.05) is 0 Å². The van der Waals surface area contributed by atoms with E-state index in [1.807, 2.05) is 0 Å². The summed E-state index contributed by atoms with van der Waals surface area (Å²) in [6.45, 7) is 0. The monoisotopic (exact) mass is 315 g/mol. The number of nitrogens with zero attached hydrogens (tertiary/aromatic N) is 2. The number of nitro groups is 1. The quantitative estimate of drug-likeness (QED) is 0.392. The summed E-state index contributed by atoms with van der Waals surface area (Å²) in [7, 11) is 0. The zero-order valence-electron chi connectivity index (χ0n) is 6.58. The van der Waals surface area contributed by atoms with Crippen LogP contribution in [0.3, 0.4) is 0 Å². The molecule has 0 saturated carbocycles. The van der Waals surface area contributed by atoms with Gasteiger partial charge in [0.25, 0.3) is 6.43 Å². The van der Waals surface area contributed by atoms with Crippen LogP contribution < -0.4 is 5.73 Å². The minimum Gasteiger partial charge on any atom is -0.393 e. The molecule has 0 saturated heterocycles. The van der Waals surface area contributed by atoms with Crippen LogP contribution >= 0.6 is 22.6 Å². The predicted molar refractivity (Wildman–Crippen MR) is 53.0 cm³/mol. The van der Waals surface area contributed by atoms with Crippen LogP contribution in [0.5, 0.6) is 0 Å². The Morgan fingerprint density at radius 3 is 2.64 bits per heavy atom. The van der Waals surface area contributed by atoms with Crippen molar-refractivity contribution < 1.29 is 13.7 Å². The lowest BCUT2D eigenvalue weighted by Gasteiger charge is -2.05. The summed E-state index contributed by atoms with van der Waals surface area (Å²) >= 11 is 1.55. The predicted octanol–water partition coefficient (Wildman–Crippen LogP) is 2.11. The van der Waals surface area contributed by atoms with Gasteiger partial charge in [-0.15, -0.1) is 0 Å². The molecule has 76 valence electrons. The molecular weight excluding hydrogens is 311 g/mol. The van der Waals surface area contributed by atoms with Gasteiger partial charge >= 0.3 is 5.69 Å². The van der Waals surface area contributed by atoms with Gasteiger partial charge in [-0.3, -0.25) is 10.1 Å². The fraction of sp³-hybridized carbons (Fsp3) is 0.167. The van der Waals surface area contributed by atoms with Crippen LogP contribution in [0.4, 0.5) is 20.2 Å². The highest BCUT2D eigenvalue weighted by atomic mass is 127. The fourth-order valence-electron chi connectivity index (χ4n) is 0.859. The summed E-state index contributed by atoms with van der Waals surface area (Å²) in [5.41, 5.74) is 3.52. The number of halogens is 3. The lowest BCUT2D eigenvalue weighted by atomic mass is 10.2. The number of hydrogen-bond acceptors (Lipinski definition) is 4. The van der Waals surface area contributed by atoms with E-state index in [1.54, 1.807) is 22.6 Å². The van der Waals surface area contributed by atoms with Crippen molar-refractivity contribution in [2.45, 2.75) is 6.43 Å². The molecule has 0 unspecified atom stereocenters. The van der Waals surface area contributed by atoms with E-state index >= 15 is 0 Å². The molecule has 5 nitrogen and oxygen atoms in total. The Labute approximate surface area is 90.6 Å². The number of nitrogens with two attached hydrogens (primary N) is 1. The van der Waals surface area contributed by atoms with Gasteiger partial charge in [-0.25, -0.2) is 13.8 Å². The van der Waals surface area contributed by atoms with E-state index in [4.69, 9.17) is 5.73 Å². The molecule has 8 heteroatoms. The molecule has 0 aliphatic carbocycles. The summed E-state index contributed by atoms with van der Waals surface area (Å²) in [5, 5.41) is 10.3. The van der Waals surface area contributed by atoms with Crippen molar-refractivity contribution in [3.63, 3.8) is 0 Å². The lowest BCUT2D eigenvalue weighted by Crippen LogP contribution is -2.04. The summed E-state index contributed by atoms with van der Waals surface area (Å²) in [5.74, 6) is 0. The van der Waals surface area contributed by atoms with Crippen LogP contribution in [0, 0.1) is 13.8 Å². The Bertz CT molecular complexity index is 386. The minimum atomic E-state index is -2.87. The highest BCUT2D eigenvalue weighted by molar-refractivity contribution is 14.1. The van der Waals surface area contributed by atoms with Crippen molar-refractivity contribution in [3.8, 4) is 0 Å². The zero-order chi connectivity index (χ0) is 10.9. The number of rotatable bonds is 2. The van der Waals surface area contributed by atoms with Crippen LogP contribution in [-0.4, -0.2) is 9.91 Å². The standard InChI is InChI=1S/C6H4F2IN3O2/c7-5(8)3-4(10)2(12(13)14)1-11-6(3)9/h1,5H,(H2,10,11). The van der Waals surface area contributed by atoms with E-state index in [0.29, 0.717) is 0 Å². The molecule has 0 radical (unpaired) electrons. The van der Waals surface area contributed by atoms with E-state index in [2.05, 4.69) is 4.98 Å². The van der Waals surface area contributed by atoms with E-state index in [-0.39, 0.29) is 3.70 Å². The molecule has 0 aliphatic heterocycles. The van der Waals surface area contributed by atoms with E-state index in [9.17, 15) is 18.9 Å². The third-order valence-corrected chi connectivity index (χ3v) is 2.36. The van der Waals surface area contributed by atoms with Gasteiger partial charge in [-0.1, -0.05) is 0 Å². The van der Waals surface area contributed by atoms with Gasteiger partial charge in [0.1, 0.15) is 15.6 Å². The minimum absolute atomic E-state index is 0.0271. The molecule has 1 heterocycles. The maximum atomic E-state index is 12.4. The van der Waals surface area contributed by atoms with Crippen LogP contribution in [0.25, 0.3) is 0 Å². The second kappa shape index (κ2) is 3.98. The van der Waals surface area contributed by atoms with Crippen LogP contribution in [0.2, 0.25) is 0 Å². The average Bonchev–Trinajstić information content (AvgIpc) is 2.02. The van der Waals surface area contributed by atoms with Crippen LogP contribution in [0.15, 0.2) is 6.20 Å². The topological polar surface area (TPSA) is 82.0 Å². The normalized spacial score (nSPS) is 10.6. The Morgan fingerprint density at radius 1 is 1.64 bits per heavy atom. The Balaban J connectivity index is 3.41. The first kappa shape index (κ1) is 11.0. The van der Waals surface area contributed by atoms with Gasteiger partial charge in [0.05, 0.1) is 10.5 Å². The molecule has 14 heavy (non-hydrogen) atoms. The highest BCUT2D eigenvalue weighted by Crippen LogP contribution is 2.34. The summed E-state index contributed by atoms with van der Waals surface area (Å²) in [4.78, 5) is 13.0. The number of anilines is 1. The zero-order valence-corrected chi connectivity index (χ0v) is 8.73. The van der Waals surface area contributed by atoms with Crippen molar-refractivity contribution in [2.24, 2.45) is 0 Å². The summed E-state index contributed by atoms with van der Waals surface area (Å²) in [6, 6.07) is 0. The first-order valence-corrected chi connectivity index (χ1v) is 4.39. The second-order valence-electron chi connectivity index (χ2n) is 2.32. The first-order valence-electron chi connectivity index (χ1n) is 3.31. The Morgan fingerprint density at radius 2 is 2.21 bits per heavy atom. The van der Waals surface area contributed by atoms with Crippen molar-refractivity contribution in [1.82, 2.24) is 4.98 Å². The molecule has 1 aromatic rings. The number of nitrogen functional groups attached to an aromatic ring is 1. The molecule has 0 spiro atoms. The van der Waals surface area contributed by atoms with E-state index in [0.717, 1.165) is 6.20 Å². The molecule has 1 rings (SSSR count). The Kier molecular flexibility index (Phi) is 3.13. The third-order valence-electron chi connectivity index (χ3n) is 1.50. The van der Waals surface area contributed by atoms with Gasteiger partial charge in [-0.05, 0) is 22.6 Å². The number of aromatic nitrogens is 1. The summed E-state index contributed by atoms with van der Waals surface area (Å²) < 4.78 is 24.7. The van der Waals surface area contributed by atoms with Crippen molar-refractivity contribution >= 4 is 34.0 Å². The maximum Gasteiger partial charge on any atom is 0.310 e. The lowest BCUT2D eigenvalue weighted by molar-refractivity contribution is -0.384. The molecule has 0 amide bonds. The largest absolute Gasteiger partial charge is 0.393 e. The van der Waals surface area contributed by atoms with Crippen LogP contribution in [0.1, 0.15) is 12.0 Å². The van der Waals surface area contributed by atoms with Gasteiger partial charge < -0.3 is 5.73 Å². The van der Waals surface area contributed by atoms with E-state index < -0.39 is 28.3 Å². The first-order chi connectivity index (χ1) is 6.45. The van der Waals surface area contributed by atoms with Crippen molar-refractivity contribution in [1.29, 1.82) is 0 Å². The SMILES string of the molecule is Nc1c([N+](=O)[O-])cnc(I)c1C(F)F. The number of alkyl halides is 2. The molecule has 0 atom stereocenters. The molecule has 1 aromatic heterocycles. The van der Waals surface area contributed by atoms with E-state index in [1.165, 1.54) is 0 Å². The maximum absolute atomic E-state index is 12.4. The highest BCUT2D eigenvalue weighted by Gasteiger charge is 2.24. The van der Waals surface area contributed by atoms with Gasteiger partial charge in [0.2, 0.25) is 0 Å². The molecule has 0 fully saturated rings. The molecule has 0 aliphatic rings. The van der Waals surface area contributed by atoms with Gasteiger partial charge in [0.15, 0.2) is 0 Å². The fourth-order valence-corrected chi connectivity index (χ4v) is 1.52. The molecule has 2 N–H and O–H groups in total. The Hall–Kier alpha value is -1.06. The molecule has 0 aromatic carbocycles. The second-order valence-corrected chi connectivity index (χ2v) is 3.34. The number of hydrogen-bond donors (Lipinski definition) is 1. The molecular formula is C6H4F2IN3O2. The van der Waals surface area contributed by atoms with Gasteiger partial charge in [-0.2, -0.15) is 0 Å². The average molecular weight is 315 g/mol. The van der Waals surface area contributed by atoms with Crippen LogP contribution in [-0.2, 0) is 0 Å². The van der Waals surface area contributed by atoms with Crippen molar-refractivity contribution in [3.05, 3.63) is 25.6 Å².